The van der Waals surface area contributed by atoms with Crippen LogP contribution in [0.2, 0.25) is 0 Å². The van der Waals surface area contributed by atoms with Crippen molar-refractivity contribution in [2.24, 2.45) is 5.92 Å². The third-order valence-corrected chi connectivity index (χ3v) is 6.56. The van der Waals surface area contributed by atoms with Gasteiger partial charge in [-0.05, 0) is 50.2 Å². The topological polar surface area (TPSA) is 35.6 Å². The molecule has 7 heteroatoms. The first-order chi connectivity index (χ1) is 12.4. The van der Waals surface area contributed by atoms with Crippen LogP contribution in [0.3, 0.4) is 0 Å². The van der Waals surface area contributed by atoms with Crippen molar-refractivity contribution < 1.29 is 13.6 Å². The van der Waals surface area contributed by atoms with Gasteiger partial charge in [-0.1, -0.05) is 5.92 Å². The maximum absolute atomic E-state index is 12.8. The zero-order valence-electron chi connectivity index (χ0n) is 14.6. The number of carbonyl (C=O) groups excluding carboxylic acids is 1. The molecule has 0 saturated carbocycles. The quantitative estimate of drug-likeness (QED) is 0.757. The third-order valence-electron chi connectivity index (χ3n) is 5.50. The number of nitrogens with zero attached hydrogens (tertiary/aromatic N) is 2. The van der Waals surface area contributed by atoms with Gasteiger partial charge in [0, 0.05) is 35.6 Å². The first-order valence-electron chi connectivity index (χ1n) is 8.88. The highest BCUT2D eigenvalue weighted by molar-refractivity contribution is 7.10. The molecule has 0 radical (unpaired) electrons. The monoisotopic (exact) mass is 377 g/mol. The Hall–Kier alpha value is -1.91. The van der Waals surface area contributed by atoms with Gasteiger partial charge in [-0.2, -0.15) is 8.78 Å². The molecule has 0 aliphatic carbocycles. The summed E-state index contributed by atoms with van der Waals surface area (Å²) < 4.78 is 25.5. The zero-order valence-corrected chi connectivity index (χ0v) is 15.4. The number of hydrogen-bond donors (Lipinski definition) is 1. The maximum atomic E-state index is 12.8. The van der Waals surface area contributed by atoms with E-state index in [1.807, 2.05) is 12.0 Å². The molecule has 4 nitrogen and oxygen atoms in total. The molecular formula is C19H21F2N3OS. The minimum atomic E-state index is -2.63. The van der Waals surface area contributed by atoms with Crippen LogP contribution in [0.15, 0.2) is 6.07 Å². The van der Waals surface area contributed by atoms with Gasteiger partial charge in [0.1, 0.15) is 0 Å². The molecule has 0 unspecified atom stereocenters. The first-order valence-corrected chi connectivity index (χ1v) is 9.70. The molecule has 1 aromatic heterocycles. The Morgan fingerprint density at radius 3 is 2.85 bits per heavy atom. The Kier molecular flexibility index (Phi) is 4.49. The first kappa shape index (κ1) is 17.5. The summed E-state index contributed by atoms with van der Waals surface area (Å²) in [5, 5.41) is 4.06. The highest BCUT2D eigenvalue weighted by atomic mass is 32.1. The van der Waals surface area contributed by atoms with E-state index >= 15 is 0 Å². The van der Waals surface area contributed by atoms with E-state index in [0.717, 1.165) is 29.3 Å². The third kappa shape index (κ3) is 3.36. The number of thiophene rings is 1. The van der Waals surface area contributed by atoms with Gasteiger partial charge in [-0.25, -0.2) is 4.79 Å². The van der Waals surface area contributed by atoms with Crippen LogP contribution in [0.25, 0.3) is 12.3 Å². The molecule has 3 saturated heterocycles. The predicted molar refractivity (Wildman–Crippen MR) is 97.9 cm³/mol. The van der Waals surface area contributed by atoms with Crippen LogP contribution in [0.5, 0.6) is 0 Å². The molecule has 0 aromatic carbocycles. The van der Waals surface area contributed by atoms with Crippen molar-refractivity contribution in [1.82, 2.24) is 15.1 Å². The van der Waals surface area contributed by atoms with Crippen molar-refractivity contribution in [3.63, 3.8) is 0 Å². The van der Waals surface area contributed by atoms with Gasteiger partial charge < -0.3 is 5.32 Å². The van der Waals surface area contributed by atoms with Gasteiger partial charge in [-0.15, -0.1) is 11.3 Å². The number of halogens is 2. The van der Waals surface area contributed by atoms with Crippen LogP contribution in [-0.4, -0.2) is 47.6 Å². The lowest BCUT2D eigenvalue weighted by Gasteiger charge is -2.53. The van der Waals surface area contributed by atoms with Gasteiger partial charge in [-0.3, -0.25) is 9.80 Å². The molecule has 5 rings (SSSR count). The van der Waals surface area contributed by atoms with E-state index in [-0.39, 0.29) is 11.7 Å². The van der Waals surface area contributed by atoms with Crippen molar-refractivity contribution in [2.75, 3.05) is 19.6 Å². The Morgan fingerprint density at radius 1 is 1.42 bits per heavy atom. The summed E-state index contributed by atoms with van der Waals surface area (Å²) >= 11 is 1.38. The second-order valence-electron chi connectivity index (χ2n) is 7.32. The fourth-order valence-electron chi connectivity index (χ4n) is 4.16. The highest BCUT2D eigenvalue weighted by Gasteiger charge is 2.43. The number of carbonyl (C=O) groups is 1. The van der Waals surface area contributed by atoms with Crippen LogP contribution in [0, 0.1) is 17.8 Å². The van der Waals surface area contributed by atoms with E-state index in [0.29, 0.717) is 17.3 Å². The summed E-state index contributed by atoms with van der Waals surface area (Å²) in [6, 6.07) is 1.65. The minimum Gasteiger partial charge on any atom is -0.320 e. The van der Waals surface area contributed by atoms with Crippen molar-refractivity contribution in [3.8, 4) is 11.8 Å². The van der Waals surface area contributed by atoms with E-state index in [2.05, 4.69) is 23.1 Å². The van der Waals surface area contributed by atoms with Crippen LogP contribution < -0.4 is 15.1 Å². The molecule has 3 fully saturated rings. The van der Waals surface area contributed by atoms with Crippen LogP contribution >= 0.6 is 11.3 Å². The van der Waals surface area contributed by atoms with Crippen molar-refractivity contribution >= 4 is 29.6 Å². The SMILES string of the molecule is C[C@@]1(NC(=O)N2C=c3cc(C#CC(F)F)sc3=CC2)CC2CCN1CC2. The molecule has 5 heterocycles. The summed E-state index contributed by atoms with van der Waals surface area (Å²) in [5.41, 5.74) is -0.283. The molecule has 4 aliphatic rings. The lowest BCUT2D eigenvalue weighted by molar-refractivity contribution is -0.0328. The molecule has 1 aromatic rings. The standard InChI is InChI=1S/C19H21F2N3OS/c1-19(11-13-4-8-24(19)9-5-13)22-18(25)23-7-6-16-14(12-23)10-15(26-16)2-3-17(20)21/h6,10,12-13,17H,4-5,7-9,11H2,1H3,(H,22,25)/t19-/m0/s1. The van der Waals surface area contributed by atoms with Crippen molar-refractivity contribution in [3.05, 3.63) is 20.7 Å². The normalized spacial score (nSPS) is 29.3. The number of rotatable bonds is 1. The molecule has 26 heavy (non-hydrogen) atoms. The number of amides is 2. The molecular weight excluding hydrogens is 356 g/mol. The fraction of sp³-hybridized carbons (Fsp3) is 0.526. The Morgan fingerprint density at radius 2 is 2.19 bits per heavy atom. The lowest BCUT2D eigenvalue weighted by atomic mass is 9.80. The lowest BCUT2D eigenvalue weighted by Crippen LogP contribution is -2.66. The molecule has 1 atom stereocenters. The molecule has 138 valence electrons. The highest BCUT2D eigenvalue weighted by Crippen LogP contribution is 2.37. The maximum Gasteiger partial charge on any atom is 0.323 e. The molecule has 0 spiro atoms. The van der Waals surface area contributed by atoms with Gasteiger partial charge >= 0.3 is 6.03 Å². The van der Waals surface area contributed by atoms with E-state index in [9.17, 15) is 13.6 Å². The molecule has 4 aliphatic heterocycles. The van der Waals surface area contributed by atoms with Crippen LogP contribution in [0.1, 0.15) is 31.1 Å². The van der Waals surface area contributed by atoms with Gasteiger partial charge in [0.25, 0.3) is 6.43 Å². The number of hydrogen-bond acceptors (Lipinski definition) is 3. The van der Waals surface area contributed by atoms with E-state index < -0.39 is 6.43 Å². The molecule has 2 bridgehead atoms. The fourth-order valence-corrected chi connectivity index (χ4v) is 5.08. The minimum absolute atomic E-state index is 0.117. The van der Waals surface area contributed by atoms with Crippen molar-refractivity contribution in [1.29, 1.82) is 0 Å². The second kappa shape index (κ2) is 6.67. The van der Waals surface area contributed by atoms with Crippen LogP contribution in [-0.2, 0) is 0 Å². The number of nitrogens with one attached hydrogen (secondary N) is 1. The summed E-state index contributed by atoms with van der Waals surface area (Å²) in [6.45, 7) is 4.66. The van der Waals surface area contributed by atoms with Gasteiger partial charge in [0.05, 0.1) is 10.5 Å². The smallest absolute Gasteiger partial charge is 0.320 e. The van der Waals surface area contributed by atoms with Crippen molar-refractivity contribution in [2.45, 2.75) is 38.3 Å². The summed E-state index contributed by atoms with van der Waals surface area (Å²) in [4.78, 5) is 17.4. The summed E-state index contributed by atoms with van der Waals surface area (Å²) in [7, 11) is 0. The number of alkyl halides is 2. The van der Waals surface area contributed by atoms with E-state index in [4.69, 9.17) is 0 Å². The van der Waals surface area contributed by atoms with Gasteiger partial charge in [0.2, 0.25) is 0 Å². The Labute approximate surface area is 155 Å². The second-order valence-corrected chi connectivity index (χ2v) is 8.41. The number of urea groups is 1. The number of piperidine rings is 3. The van der Waals surface area contributed by atoms with E-state index in [1.165, 1.54) is 24.2 Å². The predicted octanol–water partition coefficient (Wildman–Crippen LogP) is 1.74. The van der Waals surface area contributed by atoms with E-state index in [1.54, 1.807) is 17.2 Å². The van der Waals surface area contributed by atoms with Crippen LogP contribution in [0.4, 0.5) is 13.6 Å². The average molecular weight is 377 g/mol. The average Bonchev–Trinajstić information content (AvgIpc) is 3.02. The molecule has 1 N–H and O–H groups in total. The number of fused-ring (bicyclic) bond motifs is 4. The summed E-state index contributed by atoms with van der Waals surface area (Å²) in [6.07, 6.45) is 4.53. The Balaban J connectivity index is 1.50. The Bertz CT molecular complexity index is 892. The van der Waals surface area contributed by atoms with Gasteiger partial charge in [0.15, 0.2) is 0 Å². The zero-order chi connectivity index (χ0) is 18.3. The largest absolute Gasteiger partial charge is 0.323 e. The summed E-state index contributed by atoms with van der Waals surface area (Å²) in [5.74, 6) is 5.06. The molecule has 2 amide bonds.